The molecule has 3 aromatic heterocycles. The Bertz CT molecular complexity index is 1110. The first-order valence-corrected chi connectivity index (χ1v) is 9.75. The van der Waals surface area contributed by atoms with Crippen LogP contribution in [0.2, 0.25) is 0 Å². The lowest BCUT2D eigenvalue weighted by Gasteiger charge is -2.20. The van der Waals surface area contributed by atoms with E-state index >= 15 is 0 Å². The predicted octanol–water partition coefficient (Wildman–Crippen LogP) is 4.95. The molecule has 1 N–H and O–H groups in total. The highest BCUT2D eigenvalue weighted by atomic mass is 35.5. The molecule has 7 heteroatoms. The highest BCUT2D eigenvalue weighted by Gasteiger charge is 2.19. The standard InChI is InChI=1S/C20H19FN4S.ClH/c1-12-10-25-11-15(8-16(21)19(25)23-12)14-2-3-17-18(9-14)26-20(24-17)13-4-6-22-7-5-13;/h2-3,8-11,13,22H,4-7H2,1H3;1H. The fourth-order valence-corrected chi connectivity index (χ4v) is 4.88. The normalized spacial score (nSPS) is 15.3. The molecule has 1 saturated heterocycles. The van der Waals surface area contributed by atoms with Gasteiger partial charge in [-0.15, -0.1) is 23.7 Å². The molecule has 1 fully saturated rings. The number of halogens is 2. The number of piperidine rings is 1. The van der Waals surface area contributed by atoms with Crippen LogP contribution in [0.25, 0.3) is 27.0 Å². The molecule has 0 atom stereocenters. The summed E-state index contributed by atoms with van der Waals surface area (Å²) in [5, 5.41) is 4.63. The molecular formula is C20H20ClFN4S. The summed E-state index contributed by atoms with van der Waals surface area (Å²) in [6.07, 6.45) is 6.08. The van der Waals surface area contributed by atoms with Crippen molar-refractivity contribution < 1.29 is 4.39 Å². The van der Waals surface area contributed by atoms with Gasteiger partial charge in [0.1, 0.15) is 0 Å². The first-order valence-electron chi connectivity index (χ1n) is 8.94. The van der Waals surface area contributed by atoms with Crippen LogP contribution in [0.1, 0.15) is 29.5 Å². The molecule has 0 radical (unpaired) electrons. The Kier molecular flexibility index (Phi) is 4.88. The quantitative estimate of drug-likeness (QED) is 0.516. The minimum absolute atomic E-state index is 0. The molecule has 0 unspecified atom stereocenters. The first-order chi connectivity index (χ1) is 12.7. The molecule has 0 spiro atoms. The number of thiazole rings is 1. The Morgan fingerprint density at radius 3 is 2.74 bits per heavy atom. The van der Waals surface area contributed by atoms with Crippen molar-refractivity contribution in [3.8, 4) is 11.1 Å². The molecule has 0 aliphatic carbocycles. The number of hydrogen-bond donors (Lipinski definition) is 1. The summed E-state index contributed by atoms with van der Waals surface area (Å²) in [6.45, 7) is 4.00. The van der Waals surface area contributed by atoms with E-state index < -0.39 is 0 Å². The number of benzene rings is 1. The summed E-state index contributed by atoms with van der Waals surface area (Å²) in [5.41, 5.74) is 4.08. The van der Waals surface area contributed by atoms with Gasteiger partial charge in [0, 0.05) is 23.9 Å². The van der Waals surface area contributed by atoms with Crippen molar-refractivity contribution in [2.75, 3.05) is 13.1 Å². The predicted molar refractivity (Wildman–Crippen MR) is 111 cm³/mol. The van der Waals surface area contributed by atoms with Gasteiger partial charge in [0.25, 0.3) is 0 Å². The second-order valence-corrected chi connectivity index (χ2v) is 8.01. The van der Waals surface area contributed by atoms with Gasteiger partial charge in [-0.3, -0.25) is 0 Å². The lowest BCUT2D eigenvalue weighted by atomic mass is 9.99. The monoisotopic (exact) mass is 402 g/mol. The molecule has 4 nitrogen and oxygen atoms in total. The first kappa shape index (κ1) is 18.3. The summed E-state index contributed by atoms with van der Waals surface area (Å²) in [4.78, 5) is 9.07. The minimum Gasteiger partial charge on any atom is -0.317 e. The molecule has 140 valence electrons. The lowest BCUT2D eigenvalue weighted by Crippen LogP contribution is -2.26. The summed E-state index contributed by atoms with van der Waals surface area (Å²) in [7, 11) is 0. The van der Waals surface area contributed by atoms with Gasteiger partial charge >= 0.3 is 0 Å². The van der Waals surface area contributed by atoms with Gasteiger partial charge in [-0.25, -0.2) is 14.4 Å². The maximum atomic E-state index is 14.4. The van der Waals surface area contributed by atoms with Crippen molar-refractivity contribution in [2.24, 2.45) is 0 Å². The van der Waals surface area contributed by atoms with Gasteiger partial charge in [-0.05, 0) is 56.6 Å². The van der Waals surface area contributed by atoms with E-state index in [4.69, 9.17) is 4.98 Å². The average Bonchev–Trinajstić information content (AvgIpc) is 3.24. The zero-order chi connectivity index (χ0) is 17.7. The third kappa shape index (κ3) is 3.33. The highest BCUT2D eigenvalue weighted by molar-refractivity contribution is 7.18. The van der Waals surface area contributed by atoms with Gasteiger partial charge in [0.05, 0.1) is 20.9 Å². The molecule has 1 aliphatic rings. The van der Waals surface area contributed by atoms with Gasteiger partial charge in [-0.2, -0.15) is 0 Å². The molecule has 1 aromatic carbocycles. The van der Waals surface area contributed by atoms with E-state index in [1.54, 1.807) is 21.8 Å². The Morgan fingerprint density at radius 2 is 1.93 bits per heavy atom. The van der Waals surface area contributed by atoms with Crippen LogP contribution in [-0.2, 0) is 0 Å². The highest BCUT2D eigenvalue weighted by Crippen LogP contribution is 2.34. The van der Waals surface area contributed by atoms with Gasteiger partial charge in [0.15, 0.2) is 11.5 Å². The molecule has 4 aromatic rings. The maximum Gasteiger partial charge on any atom is 0.173 e. The molecule has 0 saturated carbocycles. The summed E-state index contributed by atoms with van der Waals surface area (Å²) >= 11 is 1.77. The molecule has 4 heterocycles. The summed E-state index contributed by atoms with van der Waals surface area (Å²) in [6, 6.07) is 7.77. The van der Waals surface area contributed by atoms with Crippen molar-refractivity contribution in [2.45, 2.75) is 25.7 Å². The van der Waals surface area contributed by atoms with Crippen LogP contribution in [0.15, 0.2) is 36.7 Å². The molecule has 5 rings (SSSR count). The topological polar surface area (TPSA) is 42.2 Å². The summed E-state index contributed by atoms with van der Waals surface area (Å²) in [5.74, 6) is 0.259. The molecule has 0 bridgehead atoms. The zero-order valence-electron chi connectivity index (χ0n) is 14.9. The van der Waals surface area contributed by atoms with E-state index in [9.17, 15) is 4.39 Å². The number of rotatable bonds is 2. The fraction of sp³-hybridized carbons (Fsp3) is 0.300. The Hall–Kier alpha value is -2.02. The van der Waals surface area contributed by atoms with Crippen LogP contribution in [0, 0.1) is 12.7 Å². The summed E-state index contributed by atoms with van der Waals surface area (Å²) < 4.78 is 17.3. The van der Waals surface area contributed by atoms with Gasteiger partial charge in [0.2, 0.25) is 0 Å². The lowest BCUT2D eigenvalue weighted by molar-refractivity contribution is 0.459. The third-order valence-electron chi connectivity index (χ3n) is 5.05. The van der Waals surface area contributed by atoms with Crippen molar-refractivity contribution in [1.29, 1.82) is 0 Å². The van der Waals surface area contributed by atoms with Crippen LogP contribution in [0.5, 0.6) is 0 Å². The van der Waals surface area contributed by atoms with Crippen LogP contribution < -0.4 is 5.32 Å². The van der Waals surface area contributed by atoms with Crippen LogP contribution in [-0.4, -0.2) is 27.5 Å². The number of imidazole rings is 1. The second kappa shape index (κ2) is 7.19. The number of aromatic nitrogens is 3. The molecule has 1 aliphatic heterocycles. The van der Waals surface area contributed by atoms with E-state index in [0.717, 1.165) is 48.3 Å². The third-order valence-corrected chi connectivity index (χ3v) is 6.23. The Morgan fingerprint density at radius 1 is 1.11 bits per heavy atom. The fourth-order valence-electron chi connectivity index (χ4n) is 3.70. The maximum absolute atomic E-state index is 14.4. The number of nitrogens with zero attached hydrogens (tertiary/aromatic N) is 3. The number of pyridine rings is 1. The van der Waals surface area contributed by atoms with Crippen molar-refractivity contribution in [3.05, 3.63) is 53.2 Å². The van der Waals surface area contributed by atoms with E-state index in [-0.39, 0.29) is 18.2 Å². The number of nitrogens with one attached hydrogen (secondary N) is 1. The molecule has 27 heavy (non-hydrogen) atoms. The van der Waals surface area contributed by atoms with Crippen molar-refractivity contribution in [3.63, 3.8) is 0 Å². The van der Waals surface area contributed by atoms with E-state index in [1.165, 1.54) is 9.71 Å². The number of hydrogen-bond acceptors (Lipinski definition) is 4. The number of fused-ring (bicyclic) bond motifs is 2. The molecular weight excluding hydrogens is 383 g/mol. The van der Waals surface area contributed by atoms with Gasteiger partial charge in [-0.1, -0.05) is 6.07 Å². The van der Waals surface area contributed by atoms with Crippen molar-refractivity contribution in [1.82, 2.24) is 19.7 Å². The Labute approximate surface area is 166 Å². The SMILES string of the molecule is Cc1cn2cc(-c3ccc4nc(C5CCNCC5)sc4c3)cc(F)c2n1.Cl. The van der Waals surface area contributed by atoms with E-state index in [0.29, 0.717) is 11.6 Å². The van der Waals surface area contributed by atoms with Crippen LogP contribution in [0.4, 0.5) is 4.39 Å². The van der Waals surface area contributed by atoms with Crippen LogP contribution in [0.3, 0.4) is 0 Å². The van der Waals surface area contributed by atoms with Crippen molar-refractivity contribution >= 4 is 39.6 Å². The number of aryl methyl sites for hydroxylation is 1. The average molecular weight is 403 g/mol. The second-order valence-electron chi connectivity index (χ2n) is 6.95. The smallest absolute Gasteiger partial charge is 0.173 e. The molecule has 0 amide bonds. The largest absolute Gasteiger partial charge is 0.317 e. The van der Waals surface area contributed by atoms with Crippen LogP contribution >= 0.6 is 23.7 Å². The van der Waals surface area contributed by atoms with Gasteiger partial charge < -0.3 is 9.72 Å². The minimum atomic E-state index is -0.296. The van der Waals surface area contributed by atoms with E-state index in [2.05, 4.69) is 16.4 Å². The zero-order valence-corrected chi connectivity index (χ0v) is 16.5. The van der Waals surface area contributed by atoms with E-state index in [1.807, 2.05) is 31.5 Å². The Balaban J connectivity index is 0.00000180.